The van der Waals surface area contributed by atoms with E-state index in [2.05, 4.69) is 20.8 Å². The third-order valence-electron chi connectivity index (χ3n) is 2.93. The van der Waals surface area contributed by atoms with E-state index in [1.807, 2.05) is 56.5 Å². The standard InChI is InChI=1S/C16H23N5O2/c1-12(9-17-15(22)23-16(2,3)4)20-13-6-5-7-14(8-13)21-10-18-19-11-21/h5-8,10-12,20H,9H2,1-4H3,(H,17,22). The normalized spacial score (nSPS) is 12.5. The fourth-order valence-corrected chi connectivity index (χ4v) is 1.98. The molecule has 0 radical (unpaired) electrons. The largest absolute Gasteiger partial charge is 0.444 e. The summed E-state index contributed by atoms with van der Waals surface area (Å²) in [6, 6.07) is 7.94. The molecule has 2 N–H and O–H groups in total. The lowest BCUT2D eigenvalue weighted by Gasteiger charge is -2.21. The summed E-state index contributed by atoms with van der Waals surface area (Å²) in [4.78, 5) is 11.6. The number of rotatable bonds is 5. The molecule has 0 aliphatic rings. The van der Waals surface area contributed by atoms with Crippen LogP contribution >= 0.6 is 0 Å². The maximum absolute atomic E-state index is 11.6. The molecule has 1 atom stereocenters. The summed E-state index contributed by atoms with van der Waals surface area (Å²) >= 11 is 0. The van der Waals surface area contributed by atoms with Gasteiger partial charge in [0.05, 0.1) is 5.69 Å². The van der Waals surface area contributed by atoms with Crippen LogP contribution in [0.5, 0.6) is 0 Å². The van der Waals surface area contributed by atoms with E-state index in [4.69, 9.17) is 4.74 Å². The Hall–Kier alpha value is -2.57. The molecular weight excluding hydrogens is 294 g/mol. The number of carbonyl (C=O) groups excluding carboxylic acids is 1. The smallest absolute Gasteiger partial charge is 0.407 e. The van der Waals surface area contributed by atoms with Crippen molar-refractivity contribution in [3.63, 3.8) is 0 Å². The number of hydrogen-bond acceptors (Lipinski definition) is 5. The molecule has 23 heavy (non-hydrogen) atoms. The average molecular weight is 317 g/mol. The third-order valence-corrected chi connectivity index (χ3v) is 2.93. The first-order valence-electron chi connectivity index (χ1n) is 7.52. The van der Waals surface area contributed by atoms with Gasteiger partial charge in [0.15, 0.2) is 0 Å². The van der Waals surface area contributed by atoms with Gasteiger partial charge in [-0.2, -0.15) is 0 Å². The minimum Gasteiger partial charge on any atom is -0.444 e. The molecule has 0 spiro atoms. The molecular formula is C16H23N5O2. The summed E-state index contributed by atoms with van der Waals surface area (Å²) < 4.78 is 7.04. The fourth-order valence-electron chi connectivity index (χ4n) is 1.98. The highest BCUT2D eigenvalue weighted by atomic mass is 16.6. The lowest BCUT2D eigenvalue weighted by Crippen LogP contribution is -2.38. The Morgan fingerprint density at radius 3 is 2.65 bits per heavy atom. The van der Waals surface area contributed by atoms with E-state index in [0.717, 1.165) is 11.4 Å². The number of benzene rings is 1. The molecule has 124 valence electrons. The van der Waals surface area contributed by atoms with Gasteiger partial charge in [-0.3, -0.25) is 4.57 Å². The molecule has 1 aromatic heterocycles. The molecule has 1 amide bonds. The quantitative estimate of drug-likeness (QED) is 0.886. The molecule has 0 aliphatic heterocycles. The van der Waals surface area contributed by atoms with Crippen LogP contribution < -0.4 is 10.6 Å². The number of carbonyl (C=O) groups is 1. The van der Waals surface area contributed by atoms with E-state index in [1.165, 1.54) is 0 Å². The second-order valence-electron chi connectivity index (χ2n) is 6.35. The van der Waals surface area contributed by atoms with Crippen LogP contribution in [0.15, 0.2) is 36.9 Å². The summed E-state index contributed by atoms with van der Waals surface area (Å²) in [6.07, 6.45) is 2.88. The van der Waals surface area contributed by atoms with Gasteiger partial charge >= 0.3 is 6.09 Å². The molecule has 0 aliphatic carbocycles. The van der Waals surface area contributed by atoms with Crippen LogP contribution in [-0.2, 0) is 4.74 Å². The molecule has 1 aromatic carbocycles. The average Bonchev–Trinajstić information content (AvgIpc) is 2.98. The van der Waals surface area contributed by atoms with Gasteiger partial charge in [0.25, 0.3) is 0 Å². The highest BCUT2D eigenvalue weighted by Crippen LogP contribution is 2.15. The van der Waals surface area contributed by atoms with E-state index in [1.54, 1.807) is 12.7 Å². The van der Waals surface area contributed by atoms with Gasteiger partial charge in [-0.1, -0.05) is 6.07 Å². The number of ether oxygens (including phenoxy) is 1. The van der Waals surface area contributed by atoms with Crippen molar-refractivity contribution in [2.45, 2.75) is 39.3 Å². The number of nitrogens with one attached hydrogen (secondary N) is 2. The van der Waals surface area contributed by atoms with E-state index in [9.17, 15) is 4.79 Å². The van der Waals surface area contributed by atoms with Crippen molar-refractivity contribution in [2.24, 2.45) is 0 Å². The first-order chi connectivity index (χ1) is 10.8. The molecule has 2 aromatic rings. The molecule has 7 nitrogen and oxygen atoms in total. The topological polar surface area (TPSA) is 81.1 Å². The highest BCUT2D eigenvalue weighted by Gasteiger charge is 2.16. The van der Waals surface area contributed by atoms with Crippen LogP contribution in [0, 0.1) is 0 Å². The summed E-state index contributed by atoms with van der Waals surface area (Å²) in [5, 5.41) is 13.7. The minimum absolute atomic E-state index is 0.0543. The monoisotopic (exact) mass is 317 g/mol. The van der Waals surface area contributed by atoms with Crippen molar-refractivity contribution < 1.29 is 9.53 Å². The zero-order valence-corrected chi connectivity index (χ0v) is 13.9. The number of hydrogen-bond donors (Lipinski definition) is 2. The number of amides is 1. The Labute approximate surface area is 136 Å². The maximum atomic E-state index is 11.6. The number of aromatic nitrogens is 3. The zero-order valence-electron chi connectivity index (χ0n) is 13.9. The van der Waals surface area contributed by atoms with E-state index in [0.29, 0.717) is 6.54 Å². The van der Waals surface area contributed by atoms with Crippen LogP contribution in [0.1, 0.15) is 27.7 Å². The van der Waals surface area contributed by atoms with Crippen molar-refractivity contribution in [2.75, 3.05) is 11.9 Å². The van der Waals surface area contributed by atoms with Gasteiger partial charge in [-0.15, -0.1) is 10.2 Å². The van der Waals surface area contributed by atoms with Gasteiger partial charge in [-0.05, 0) is 45.9 Å². The molecule has 1 heterocycles. The third kappa shape index (κ3) is 5.61. The van der Waals surface area contributed by atoms with Crippen molar-refractivity contribution in [1.82, 2.24) is 20.1 Å². The zero-order chi connectivity index (χ0) is 16.9. The Morgan fingerprint density at radius 2 is 2.00 bits per heavy atom. The number of alkyl carbamates (subject to hydrolysis) is 1. The van der Waals surface area contributed by atoms with Gasteiger partial charge in [-0.25, -0.2) is 4.79 Å². The van der Waals surface area contributed by atoms with Crippen LogP contribution in [-0.4, -0.2) is 39.0 Å². The van der Waals surface area contributed by atoms with Gasteiger partial charge in [0.2, 0.25) is 0 Å². The molecule has 2 rings (SSSR count). The first-order valence-corrected chi connectivity index (χ1v) is 7.52. The van der Waals surface area contributed by atoms with Crippen LogP contribution in [0.4, 0.5) is 10.5 Å². The Kier molecular flexibility index (Phi) is 5.20. The van der Waals surface area contributed by atoms with Crippen molar-refractivity contribution in [3.05, 3.63) is 36.9 Å². The maximum Gasteiger partial charge on any atom is 0.407 e. The van der Waals surface area contributed by atoms with Crippen LogP contribution in [0.25, 0.3) is 5.69 Å². The molecule has 7 heteroatoms. The molecule has 0 bridgehead atoms. The van der Waals surface area contributed by atoms with Crippen molar-refractivity contribution in [3.8, 4) is 5.69 Å². The lowest BCUT2D eigenvalue weighted by atomic mass is 10.2. The second kappa shape index (κ2) is 7.13. The number of nitrogens with zero attached hydrogens (tertiary/aromatic N) is 3. The van der Waals surface area contributed by atoms with Gasteiger partial charge in [0, 0.05) is 18.3 Å². The molecule has 0 fully saturated rings. The lowest BCUT2D eigenvalue weighted by molar-refractivity contribution is 0.0526. The Bertz CT molecular complexity index is 634. The van der Waals surface area contributed by atoms with Crippen LogP contribution in [0.3, 0.4) is 0 Å². The van der Waals surface area contributed by atoms with Crippen molar-refractivity contribution in [1.29, 1.82) is 0 Å². The minimum atomic E-state index is -0.492. The predicted molar refractivity (Wildman–Crippen MR) is 88.7 cm³/mol. The van der Waals surface area contributed by atoms with Gasteiger partial charge < -0.3 is 15.4 Å². The van der Waals surface area contributed by atoms with Crippen LogP contribution in [0.2, 0.25) is 0 Å². The molecule has 0 saturated carbocycles. The molecule has 0 saturated heterocycles. The number of anilines is 1. The van der Waals surface area contributed by atoms with Crippen molar-refractivity contribution >= 4 is 11.8 Å². The predicted octanol–water partition coefficient (Wildman–Crippen LogP) is 2.59. The van der Waals surface area contributed by atoms with Gasteiger partial charge in [0.1, 0.15) is 18.3 Å². The first kappa shape index (κ1) is 16.8. The molecule has 1 unspecified atom stereocenters. The van der Waals surface area contributed by atoms with E-state index < -0.39 is 11.7 Å². The summed E-state index contributed by atoms with van der Waals surface area (Å²) in [5.41, 5.74) is 1.43. The summed E-state index contributed by atoms with van der Waals surface area (Å²) in [6.45, 7) is 7.97. The fraction of sp³-hybridized carbons (Fsp3) is 0.438. The highest BCUT2D eigenvalue weighted by molar-refractivity contribution is 5.67. The Morgan fingerprint density at radius 1 is 1.30 bits per heavy atom. The summed E-state index contributed by atoms with van der Waals surface area (Å²) in [7, 11) is 0. The van der Waals surface area contributed by atoms with E-state index in [-0.39, 0.29) is 6.04 Å². The summed E-state index contributed by atoms with van der Waals surface area (Å²) in [5.74, 6) is 0. The second-order valence-corrected chi connectivity index (χ2v) is 6.35. The van der Waals surface area contributed by atoms with E-state index >= 15 is 0 Å². The Balaban J connectivity index is 1.87. The SMILES string of the molecule is CC(CNC(=O)OC(C)(C)C)Nc1cccc(-n2cnnc2)c1.